The maximum absolute atomic E-state index is 5.66. The van der Waals surface area contributed by atoms with E-state index in [-0.39, 0.29) is 0 Å². The molecule has 0 atom stereocenters. The molecule has 1 heterocycles. The molecule has 0 spiro atoms. The Balaban J connectivity index is 2.58. The molecule has 0 fully saturated rings. The van der Waals surface area contributed by atoms with Gasteiger partial charge in [0.2, 0.25) is 0 Å². The fraction of sp³-hybridized carbons (Fsp3) is 0.357. The predicted molar refractivity (Wildman–Crippen MR) is 72.7 cm³/mol. The maximum Gasteiger partial charge on any atom is 0.122 e. The van der Waals surface area contributed by atoms with E-state index in [0.29, 0.717) is 6.54 Å². The van der Waals surface area contributed by atoms with Gasteiger partial charge in [-0.1, -0.05) is 0 Å². The van der Waals surface area contributed by atoms with Crippen LogP contribution in [0.4, 0.5) is 0 Å². The number of methoxy groups -OCH3 is 1. The van der Waals surface area contributed by atoms with E-state index in [1.54, 1.807) is 7.11 Å². The first-order valence-corrected chi connectivity index (χ1v) is 5.98. The third kappa shape index (κ3) is 1.88. The first-order chi connectivity index (χ1) is 8.60. The highest BCUT2D eigenvalue weighted by Gasteiger charge is 2.14. The molecular weight excluding hydrogens is 226 g/mol. The van der Waals surface area contributed by atoms with E-state index in [9.17, 15) is 0 Å². The summed E-state index contributed by atoms with van der Waals surface area (Å²) >= 11 is 0. The summed E-state index contributed by atoms with van der Waals surface area (Å²) in [5, 5.41) is 7.36. The number of nitrogens with zero attached hydrogens (tertiary/aromatic N) is 1. The van der Waals surface area contributed by atoms with Crippen LogP contribution in [0.25, 0.3) is 11.3 Å². The van der Waals surface area contributed by atoms with Gasteiger partial charge in [0.15, 0.2) is 0 Å². The van der Waals surface area contributed by atoms with E-state index in [1.807, 2.05) is 19.1 Å². The molecular formula is C14H19N3O. The Hall–Kier alpha value is -1.81. The molecule has 0 amide bonds. The average molecular weight is 245 g/mol. The highest BCUT2D eigenvalue weighted by Crippen LogP contribution is 2.32. The molecule has 1 aromatic carbocycles. The van der Waals surface area contributed by atoms with Crippen molar-refractivity contribution >= 4 is 0 Å². The van der Waals surface area contributed by atoms with Crippen molar-refractivity contribution in [2.45, 2.75) is 27.3 Å². The van der Waals surface area contributed by atoms with Crippen LogP contribution in [0.1, 0.15) is 22.4 Å². The van der Waals surface area contributed by atoms with Crippen LogP contribution in [0.3, 0.4) is 0 Å². The van der Waals surface area contributed by atoms with Crippen LogP contribution < -0.4 is 10.5 Å². The second-order valence-corrected chi connectivity index (χ2v) is 4.45. The van der Waals surface area contributed by atoms with Gasteiger partial charge < -0.3 is 10.5 Å². The molecule has 0 bridgehead atoms. The number of rotatable bonds is 3. The maximum atomic E-state index is 5.66. The molecule has 0 aliphatic carbocycles. The average Bonchev–Trinajstić information content (AvgIpc) is 2.74. The summed E-state index contributed by atoms with van der Waals surface area (Å²) in [6, 6.07) is 4.03. The lowest BCUT2D eigenvalue weighted by Gasteiger charge is -2.11. The minimum absolute atomic E-state index is 0.479. The van der Waals surface area contributed by atoms with Crippen LogP contribution in [0.15, 0.2) is 12.1 Å². The van der Waals surface area contributed by atoms with Crippen molar-refractivity contribution in [2.75, 3.05) is 7.11 Å². The lowest BCUT2D eigenvalue weighted by Crippen LogP contribution is -1.98. The molecule has 2 aromatic rings. The number of nitrogens with one attached hydrogen (secondary N) is 1. The van der Waals surface area contributed by atoms with Gasteiger partial charge in [0.05, 0.1) is 18.5 Å². The first kappa shape index (κ1) is 12.6. The number of nitrogens with two attached hydrogens (primary N) is 1. The third-order valence-electron chi connectivity index (χ3n) is 3.53. The van der Waals surface area contributed by atoms with Crippen molar-refractivity contribution in [3.63, 3.8) is 0 Å². The van der Waals surface area contributed by atoms with Crippen molar-refractivity contribution in [1.29, 1.82) is 0 Å². The number of aromatic amines is 1. The van der Waals surface area contributed by atoms with Crippen LogP contribution in [0.5, 0.6) is 5.75 Å². The molecule has 4 heteroatoms. The summed E-state index contributed by atoms with van der Waals surface area (Å²) in [5.74, 6) is 0.906. The normalized spacial score (nSPS) is 10.7. The predicted octanol–water partition coefficient (Wildman–Crippen LogP) is 2.47. The molecule has 1 aromatic heterocycles. The van der Waals surface area contributed by atoms with Crippen LogP contribution >= 0.6 is 0 Å². The zero-order chi connectivity index (χ0) is 13.3. The van der Waals surface area contributed by atoms with E-state index in [0.717, 1.165) is 33.8 Å². The molecule has 96 valence electrons. The van der Waals surface area contributed by atoms with Gasteiger partial charge in [0.1, 0.15) is 5.75 Å². The van der Waals surface area contributed by atoms with Crippen LogP contribution in [0, 0.1) is 20.8 Å². The highest BCUT2D eigenvalue weighted by atomic mass is 16.5. The Morgan fingerprint density at radius 1 is 1.17 bits per heavy atom. The molecule has 0 unspecified atom stereocenters. The summed E-state index contributed by atoms with van der Waals surface area (Å²) < 4.78 is 5.33. The molecule has 0 radical (unpaired) electrons. The summed E-state index contributed by atoms with van der Waals surface area (Å²) in [6.45, 7) is 6.67. The van der Waals surface area contributed by atoms with E-state index >= 15 is 0 Å². The molecule has 18 heavy (non-hydrogen) atoms. The molecule has 0 aliphatic rings. The van der Waals surface area contributed by atoms with Gasteiger partial charge in [-0.15, -0.1) is 0 Å². The van der Waals surface area contributed by atoms with Gasteiger partial charge in [0.25, 0.3) is 0 Å². The first-order valence-electron chi connectivity index (χ1n) is 5.98. The quantitative estimate of drug-likeness (QED) is 0.873. The van der Waals surface area contributed by atoms with Crippen molar-refractivity contribution in [1.82, 2.24) is 10.2 Å². The summed E-state index contributed by atoms with van der Waals surface area (Å²) in [6.07, 6.45) is 0. The smallest absolute Gasteiger partial charge is 0.122 e. The van der Waals surface area contributed by atoms with Crippen LogP contribution in [0.2, 0.25) is 0 Å². The Morgan fingerprint density at radius 3 is 2.44 bits per heavy atom. The number of aromatic nitrogens is 2. The molecule has 2 rings (SSSR count). The molecule has 3 N–H and O–H groups in total. The van der Waals surface area contributed by atoms with E-state index in [2.05, 4.69) is 24.0 Å². The molecule has 0 aliphatic heterocycles. The molecule has 4 nitrogen and oxygen atoms in total. The van der Waals surface area contributed by atoms with Crippen molar-refractivity contribution < 1.29 is 4.74 Å². The Bertz CT molecular complexity index is 573. The van der Waals surface area contributed by atoms with Gasteiger partial charge in [-0.2, -0.15) is 5.10 Å². The largest absolute Gasteiger partial charge is 0.496 e. The Morgan fingerprint density at radius 2 is 1.89 bits per heavy atom. The van der Waals surface area contributed by atoms with Crippen LogP contribution in [-0.4, -0.2) is 17.3 Å². The molecule has 0 saturated heterocycles. The zero-order valence-electron chi connectivity index (χ0n) is 11.3. The second-order valence-electron chi connectivity index (χ2n) is 4.45. The van der Waals surface area contributed by atoms with Gasteiger partial charge in [-0.05, 0) is 49.6 Å². The standard InChI is InChI=1S/C14H19N3O/c1-8-9(2)13(18-4)6-5-11(8)14-10(3)12(7-15)16-17-14/h5-6H,7,15H2,1-4H3,(H,16,17). The second kappa shape index (κ2) is 4.82. The Kier molecular flexibility index (Phi) is 3.39. The van der Waals surface area contributed by atoms with Crippen molar-refractivity contribution in [3.8, 4) is 17.0 Å². The van der Waals surface area contributed by atoms with E-state index < -0.39 is 0 Å². The monoisotopic (exact) mass is 245 g/mol. The third-order valence-corrected chi connectivity index (χ3v) is 3.53. The Labute approximate surface area is 107 Å². The minimum Gasteiger partial charge on any atom is -0.496 e. The number of ether oxygens (including phenoxy) is 1. The number of H-pyrrole nitrogens is 1. The van der Waals surface area contributed by atoms with Gasteiger partial charge in [-0.25, -0.2) is 0 Å². The lowest BCUT2D eigenvalue weighted by atomic mass is 9.97. The van der Waals surface area contributed by atoms with Gasteiger partial charge in [-0.3, -0.25) is 5.10 Å². The van der Waals surface area contributed by atoms with Gasteiger partial charge in [0, 0.05) is 12.1 Å². The number of hydrogen-bond acceptors (Lipinski definition) is 3. The summed E-state index contributed by atoms with van der Waals surface area (Å²) in [7, 11) is 1.69. The SMILES string of the molecule is COc1ccc(-c2n[nH]c(CN)c2C)c(C)c1C. The van der Waals surface area contributed by atoms with Crippen molar-refractivity contribution in [3.05, 3.63) is 34.5 Å². The van der Waals surface area contributed by atoms with E-state index in [4.69, 9.17) is 10.5 Å². The van der Waals surface area contributed by atoms with Gasteiger partial charge >= 0.3 is 0 Å². The fourth-order valence-corrected chi connectivity index (χ4v) is 2.17. The van der Waals surface area contributed by atoms with Crippen molar-refractivity contribution in [2.24, 2.45) is 5.73 Å². The number of benzene rings is 1. The number of hydrogen-bond donors (Lipinski definition) is 2. The van der Waals surface area contributed by atoms with Crippen LogP contribution in [-0.2, 0) is 6.54 Å². The highest BCUT2D eigenvalue weighted by molar-refractivity contribution is 5.70. The van der Waals surface area contributed by atoms with E-state index in [1.165, 1.54) is 5.56 Å². The fourth-order valence-electron chi connectivity index (χ4n) is 2.17. The minimum atomic E-state index is 0.479. The zero-order valence-corrected chi connectivity index (χ0v) is 11.3. The summed E-state index contributed by atoms with van der Waals surface area (Å²) in [5.41, 5.74) is 12.2. The summed E-state index contributed by atoms with van der Waals surface area (Å²) in [4.78, 5) is 0. The lowest BCUT2D eigenvalue weighted by molar-refractivity contribution is 0.411. The topological polar surface area (TPSA) is 63.9 Å². The molecule has 0 saturated carbocycles.